The summed E-state index contributed by atoms with van der Waals surface area (Å²) in [7, 11) is 1.62. The highest BCUT2D eigenvalue weighted by atomic mass is 19.3. The van der Waals surface area contributed by atoms with E-state index in [1.165, 1.54) is 4.57 Å². The summed E-state index contributed by atoms with van der Waals surface area (Å²) in [6, 6.07) is 6.91. The number of aromatic nitrogens is 4. The number of halogens is 2. The lowest BCUT2D eigenvalue weighted by Gasteiger charge is -2.37. The van der Waals surface area contributed by atoms with Gasteiger partial charge in [0, 0.05) is 46.5 Å². The fraction of sp³-hybridized carbons (Fsp3) is 0.520. The maximum absolute atomic E-state index is 13.9. The number of fused-ring (bicyclic) bond motifs is 2. The van der Waals surface area contributed by atoms with Gasteiger partial charge >= 0.3 is 0 Å². The van der Waals surface area contributed by atoms with Crippen LogP contribution in [0, 0.1) is 5.92 Å². The van der Waals surface area contributed by atoms with Crippen LogP contribution in [0.25, 0.3) is 17.0 Å². The fourth-order valence-corrected chi connectivity index (χ4v) is 4.81. The van der Waals surface area contributed by atoms with E-state index in [1.54, 1.807) is 37.6 Å². The van der Waals surface area contributed by atoms with Crippen molar-refractivity contribution in [3.05, 3.63) is 36.3 Å². The van der Waals surface area contributed by atoms with Gasteiger partial charge < -0.3 is 24.6 Å². The monoisotopic (exact) mass is 515 g/mol. The number of rotatable bonds is 9. The van der Waals surface area contributed by atoms with Crippen molar-refractivity contribution in [2.45, 2.75) is 19.3 Å². The van der Waals surface area contributed by atoms with E-state index >= 15 is 0 Å². The molecule has 0 saturated carbocycles. The fourth-order valence-electron chi connectivity index (χ4n) is 4.81. The van der Waals surface area contributed by atoms with Crippen molar-refractivity contribution in [3.8, 4) is 5.95 Å². The van der Waals surface area contributed by atoms with Gasteiger partial charge in [-0.3, -0.25) is 9.36 Å². The van der Waals surface area contributed by atoms with E-state index in [9.17, 15) is 13.6 Å². The highest BCUT2D eigenvalue weighted by molar-refractivity contribution is 5.84. The lowest BCUT2D eigenvalue weighted by Crippen LogP contribution is -2.47. The number of nitrogens with zero attached hydrogens (tertiary/aromatic N) is 6. The predicted octanol–water partition coefficient (Wildman–Crippen LogP) is 2.57. The molecule has 0 atom stereocenters. The minimum absolute atomic E-state index is 0.0764. The number of imidazole rings is 1. The molecule has 0 unspecified atom stereocenters. The summed E-state index contributed by atoms with van der Waals surface area (Å²) in [6.45, 7) is 4.49. The van der Waals surface area contributed by atoms with E-state index in [2.05, 4.69) is 15.3 Å². The van der Waals surface area contributed by atoms with E-state index < -0.39 is 12.2 Å². The topological polar surface area (TPSA) is 97.6 Å². The maximum atomic E-state index is 13.9. The van der Waals surface area contributed by atoms with Crippen LogP contribution in [0.1, 0.15) is 25.1 Å². The average molecular weight is 516 g/mol. The Morgan fingerprint density at radius 1 is 1.19 bits per heavy atom. The second-order valence-corrected chi connectivity index (χ2v) is 9.23. The first kappa shape index (κ1) is 25.3. The van der Waals surface area contributed by atoms with E-state index in [0.717, 1.165) is 26.1 Å². The van der Waals surface area contributed by atoms with Gasteiger partial charge in [-0.05, 0) is 30.9 Å². The molecule has 0 bridgehead atoms. The molecule has 5 rings (SSSR count). The number of hydrogen-bond donors (Lipinski definition) is 1. The van der Waals surface area contributed by atoms with Crippen molar-refractivity contribution in [2.75, 3.05) is 69.5 Å². The molecule has 4 heterocycles. The van der Waals surface area contributed by atoms with Crippen molar-refractivity contribution in [1.29, 1.82) is 0 Å². The molecule has 37 heavy (non-hydrogen) atoms. The van der Waals surface area contributed by atoms with Gasteiger partial charge in [0.25, 0.3) is 6.43 Å². The SMILES string of the molecule is COCCN1CCN(CC(=O)NCC2CCOCC2)c2cnc(-n3c(C(F)F)nc4ccccc43)nc21. The lowest BCUT2D eigenvalue weighted by atomic mass is 10.0. The van der Waals surface area contributed by atoms with Gasteiger partial charge in [-0.2, -0.15) is 4.98 Å². The quantitative estimate of drug-likeness (QED) is 0.465. The van der Waals surface area contributed by atoms with Gasteiger partial charge in [-0.25, -0.2) is 18.7 Å². The first-order chi connectivity index (χ1) is 18.0. The molecule has 1 fully saturated rings. The molecule has 0 aliphatic carbocycles. The molecule has 0 spiro atoms. The zero-order valence-electron chi connectivity index (χ0n) is 20.8. The number of carbonyl (C=O) groups excluding carboxylic acids is 1. The minimum atomic E-state index is -2.80. The van der Waals surface area contributed by atoms with Crippen LogP contribution in [-0.2, 0) is 14.3 Å². The Morgan fingerprint density at radius 3 is 2.76 bits per heavy atom. The van der Waals surface area contributed by atoms with Gasteiger partial charge in [0.1, 0.15) is 0 Å². The summed E-state index contributed by atoms with van der Waals surface area (Å²) in [5, 5.41) is 3.04. The van der Waals surface area contributed by atoms with Crippen LogP contribution >= 0.6 is 0 Å². The molecule has 1 amide bonds. The molecule has 3 aromatic rings. The van der Waals surface area contributed by atoms with Crippen LogP contribution in [0.4, 0.5) is 20.3 Å². The first-order valence-corrected chi connectivity index (χ1v) is 12.5. The highest BCUT2D eigenvalue weighted by Crippen LogP contribution is 2.33. The van der Waals surface area contributed by atoms with Crippen LogP contribution in [-0.4, -0.2) is 85.1 Å². The number of amides is 1. The maximum Gasteiger partial charge on any atom is 0.296 e. The summed E-state index contributed by atoms with van der Waals surface area (Å²) in [6.07, 6.45) is 0.697. The summed E-state index contributed by atoms with van der Waals surface area (Å²) in [4.78, 5) is 30.0. The van der Waals surface area contributed by atoms with E-state index in [4.69, 9.17) is 14.5 Å². The Kier molecular flexibility index (Phi) is 7.75. The normalized spacial score (nSPS) is 16.4. The third-order valence-corrected chi connectivity index (χ3v) is 6.83. The smallest absolute Gasteiger partial charge is 0.296 e. The highest BCUT2D eigenvalue weighted by Gasteiger charge is 2.29. The molecule has 2 aliphatic heterocycles. The van der Waals surface area contributed by atoms with Gasteiger partial charge in [0.15, 0.2) is 11.6 Å². The standard InChI is InChI=1S/C25H31F2N7O3/c1-36-13-10-32-8-9-33(16-21(35)28-14-17-6-11-37-12-7-17)20-15-29-25(31-23(20)32)34-19-5-3-2-4-18(19)30-24(34)22(26)27/h2-5,15,17,22H,6-14,16H2,1H3,(H,28,35). The summed E-state index contributed by atoms with van der Waals surface area (Å²) in [5.41, 5.74) is 1.62. The Hall–Kier alpha value is -3.38. The van der Waals surface area contributed by atoms with Gasteiger partial charge in [-0.1, -0.05) is 12.1 Å². The molecule has 2 aliphatic rings. The van der Waals surface area contributed by atoms with E-state index in [-0.39, 0.29) is 18.4 Å². The van der Waals surface area contributed by atoms with Crippen LogP contribution < -0.4 is 15.1 Å². The summed E-state index contributed by atoms with van der Waals surface area (Å²) >= 11 is 0. The van der Waals surface area contributed by atoms with Crippen molar-refractivity contribution >= 4 is 28.4 Å². The Balaban J connectivity index is 1.43. The lowest BCUT2D eigenvalue weighted by molar-refractivity contribution is -0.120. The third-order valence-electron chi connectivity index (χ3n) is 6.83. The van der Waals surface area contributed by atoms with Crippen molar-refractivity contribution in [3.63, 3.8) is 0 Å². The molecule has 0 radical (unpaired) electrons. The molecular formula is C25H31F2N7O3. The van der Waals surface area contributed by atoms with Gasteiger partial charge in [0.05, 0.1) is 36.1 Å². The molecule has 1 N–H and O–H groups in total. The van der Waals surface area contributed by atoms with Crippen LogP contribution in [0.5, 0.6) is 0 Å². The molecule has 1 aromatic carbocycles. The summed E-state index contributed by atoms with van der Waals surface area (Å²) in [5.74, 6) is 0.618. The number of hydrogen-bond acceptors (Lipinski definition) is 8. The molecule has 2 aromatic heterocycles. The molecule has 10 nitrogen and oxygen atoms in total. The third kappa shape index (κ3) is 5.49. The number of para-hydroxylation sites is 2. The number of nitrogens with one attached hydrogen (secondary N) is 1. The van der Waals surface area contributed by atoms with Crippen molar-refractivity contribution < 1.29 is 23.0 Å². The van der Waals surface area contributed by atoms with Crippen LogP contribution in [0.2, 0.25) is 0 Å². The Morgan fingerprint density at radius 2 is 1.97 bits per heavy atom. The molecule has 198 valence electrons. The predicted molar refractivity (Wildman–Crippen MR) is 134 cm³/mol. The van der Waals surface area contributed by atoms with Crippen molar-refractivity contribution in [2.24, 2.45) is 5.92 Å². The Bertz CT molecular complexity index is 1230. The minimum Gasteiger partial charge on any atom is -0.383 e. The first-order valence-electron chi connectivity index (χ1n) is 12.5. The number of alkyl halides is 2. The Labute approximate surface area is 213 Å². The van der Waals surface area contributed by atoms with Crippen molar-refractivity contribution in [1.82, 2.24) is 24.8 Å². The van der Waals surface area contributed by atoms with Gasteiger partial charge in [-0.15, -0.1) is 0 Å². The molecule has 1 saturated heterocycles. The largest absolute Gasteiger partial charge is 0.383 e. The second kappa shape index (κ2) is 11.3. The number of anilines is 2. The summed E-state index contributed by atoms with van der Waals surface area (Å²) < 4.78 is 39.8. The zero-order chi connectivity index (χ0) is 25.8. The number of methoxy groups -OCH3 is 1. The van der Waals surface area contributed by atoms with Crippen LogP contribution in [0.15, 0.2) is 30.5 Å². The second-order valence-electron chi connectivity index (χ2n) is 9.23. The zero-order valence-corrected chi connectivity index (χ0v) is 20.8. The number of carbonyl (C=O) groups is 1. The van der Waals surface area contributed by atoms with E-state index in [0.29, 0.717) is 61.2 Å². The van der Waals surface area contributed by atoms with E-state index in [1.807, 2.05) is 9.80 Å². The molecular weight excluding hydrogens is 484 g/mol. The average Bonchev–Trinajstić information content (AvgIpc) is 3.32. The molecule has 12 heteroatoms. The number of ether oxygens (including phenoxy) is 2. The van der Waals surface area contributed by atoms with Crippen LogP contribution in [0.3, 0.4) is 0 Å². The number of benzene rings is 1. The van der Waals surface area contributed by atoms with Gasteiger partial charge in [0.2, 0.25) is 11.9 Å².